The maximum absolute atomic E-state index is 12.8. The van der Waals surface area contributed by atoms with Gasteiger partial charge in [-0.25, -0.2) is 21.8 Å². The Kier molecular flexibility index (Phi) is 6.44. The van der Waals surface area contributed by atoms with Gasteiger partial charge in [0, 0.05) is 31.5 Å². The monoisotopic (exact) mass is 424 g/mol. The van der Waals surface area contributed by atoms with Crippen LogP contribution in [0.15, 0.2) is 38.5 Å². The molecule has 0 amide bonds. The lowest BCUT2D eigenvalue weighted by molar-refractivity contribution is 0.198. The number of nitrogens with zero attached hydrogens (tertiary/aromatic N) is 1. The maximum Gasteiger partial charge on any atom is 0.226 e. The third-order valence-electron chi connectivity index (χ3n) is 3.08. The highest BCUT2D eigenvalue weighted by Gasteiger charge is 2.29. The van der Waals surface area contributed by atoms with Gasteiger partial charge in [0.2, 0.25) is 24.0 Å². The highest BCUT2D eigenvalue weighted by atomic mass is 35.5. The van der Waals surface area contributed by atoms with Crippen LogP contribution in [0.3, 0.4) is 0 Å². The fourth-order valence-corrected chi connectivity index (χ4v) is 5.56. The molecule has 2 rings (SSSR count). The summed E-state index contributed by atoms with van der Waals surface area (Å²) in [5.74, 6) is 0. The molecule has 0 aliphatic heterocycles. The molecule has 0 spiro atoms. The van der Waals surface area contributed by atoms with E-state index in [2.05, 4.69) is 10.3 Å². The molecule has 25 heavy (non-hydrogen) atoms. The van der Waals surface area contributed by atoms with Crippen molar-refractivity contribution in [3.63, 3.8) is 0 Å². The Bertz CT molecular complexity index is 937. The summed E-state index contributed by atoms with van der Waals surface area (Å²) < 4.78 is 53.9. The zero-order valence-corrected chi connectivity index (χ0v) is 16.7. The van der Waals surface area contributed by atoms with Crippen LogP contribution in [-0.2, 0) is 24.4 Å². The fraction of sp³-hybridized carbons (Fsp3) is 0.357. The first-order chi connectivity index (χ1) is 11.7. The smallest absolute Gasteiger partial charge is 0.226 e. The van der Waals surface area contributed by atoms with Crippen LogP contribution in [0.25, 0.3) is 0 Å². The Morgan fingerprint density at radius 3 is 2.40 bits per heavy atom. The number of halogens is 1. The van der Waals surface area contributed by atoms with Crippen LogP contribution < -0.4 is 5.32 Å². The Hall–Kier alpha value is -1.20. The molecule has 0 aliphatic carbocycles. The van der Waals surface area contributed by atoms with Gasteiger partial charge in [0.25, 0.3) is 0 Å². The van der Waals surface area contributed by atoms with E-state index >= 15 is 0 Å². The van der Waals surface area contributed by atoms with Gasteiger partial charge in [-0.2, -0.15) is 0 Å². The minimum absolute atomic E-state index is 0.0119. The molecule has 0 radical (unpaired) electrons. The number of aromatic nitrogens is 1. The van der Waals surface area contributed by atoms with Crippen molar-refractivity contribution in [3.05, 3.63) is 29.3 Å². The third kappa shape index (κ3) is 4.91. The van der Waals surface area contributed by atoms with Crippen LogP contribution in [0.5, 0.6) is 0 Å². The Morgan fingerprint density at radius 1 is 1.20 bits per heavy atom. The average Bonchev–Trinajstić information content (AvgIpc) is 2.97. The maximum atomic E-state index is 12.8. The molecule has 0 atom stereocenters. The van der Waals surface area contributed by atoms with Crippen LogP contribution in [0.2, 0.25) is 5.02 Å². The molecule has 7 nitrogen and oxygen atoms in total. The van der Waals surface area contributed by atoms with E-state index in [9.17, 15) is 16.8 Å². The second-order valence-electron chi connectivity index (χ2n) is 5.12. The van der Waals surface area contributed by atoms with Crippen LogP contribution in [0, 0.1) is 0 Å². The van der Waals surface area contributed by atoms with Crippen LogP contribution >= 0.6 is 22.9 Å². The van der Waals surface area contributed by atoms with Crippen molar-refractivity contribution in [2.75, 3.05) is 31.8 Å². The summed E-state index contributed by atoms with van der Waals surface area (Å²) in [6.45, 7) is 0.909. The lowest BCUT2D eigenvalue weighted by Crippen LogP contribution is -2.09. The van der Waals surface area contributed by atoms with Gasteiger partial charge in [-0.1, -0.05) is 22.9 Å². The first-order valence-electron chi connectivity index (χ1n) is 7.10. The molecule has 0 unspecified atom stereocenters. The Morgan fingerprint density at radius 2 is 1.84 bits per heavy atom. The summed E-state index contributed by atoms with van der Waals surface area (Å²) in [5, 5.41) is 3.21. The predicted molar refractivity (Wildman–Crippen MR) is 97.1 cm³/mol. The molecule has 0 saturated heterocycles. The van der Waals surface area contributed by atoms with Crippen molar-refractivity contribution >= 4 is 47.6 Å². The van der Waals surface area contributed by atoms with Gasteiger partial charge in [-0.15, -0.1) is 0 Å². The van der Waals surface area contributed by atoms with Gasteiger partial charge >= 0.3 is 0 Å². The van der Waals surface area contributed by atoms with Gasteiger partial charge < -0.3 is 10.1 Å². The number of hydrogen-bond donors (Lipinski definition) is 1. The zero-order valence-electron chi connectivity index (χ0n) is 13.5. The van der Waals surface area contributed by atoms with E-state index in [4.69, 9.17) is 16.3 Å². The molecule has 1 N–H and O–H groups in total. The summed E-state index contributed by atoms with van der Waals surface area (Å²) in [6, 6.07) is 5.60. The molecular formula is C14H17ClN2O5S3. The molecule has 0 fully saturated rings. The second-order valence-corrected chi connectivity index (χ2v) is 10.6. The summed E-state index contributed by atoms with van der Waals surface area (Å²) in [4.78, 5) is 3.85. The van der Waals surface area contributed by atoms with Crippen LogP contribution in [0.1, 0.15) is 6.42 Å². The molecule has 2 aromatic rings. The van der Waals surface area contributed by atoms with Crippen molar-refractivity contribution in [2.45, 2.75) is 20.7 Å². The largest absolute Gasteiger partial charge is 0.385 e. The summed E-state index contributed by atoms with van der Waals surface area (Å²) in [6.07, 6.45) is 1.61. The van der Waals surface area contributed by atoms with Gasteiger partial charge in [0.15, 0.2) is 5.03 Å². The molecule has 0 bridgehead atoms. The molecule has 1 aromatic carbocycles. The van der Waals surface area contributed by atoms with Crippen molar-refractivity contribution in [1.82, 2.24) is 4.98 Å². The van der Waals surface area contributed by atoms with E-state index in [-0.39, 0.29) is 19.3 Å². The molecule has 138 valence electrons. The van der Waals surface area contributed by atoms with Crippen LogP contribution in [0.4, 0.5) is 5.00 Å². The lowest BCUT2D eigenvalue weighted by Gasteiger charge is -2.07. The van der Waals surface area contributed by atoms with Gasteiger partial charge in [0.05, 0.1) is 4.90 Å². The van der Waals surface area contributed by atoms with E-state index in [1.807, 2.05) is 0 Å². The Labute approximate surface area is 155 Å². The van der Waals surface area contributed by atoms with Crippen molar-refractivity contribution < 1.29 is 21.6 Å². The van der Waals surface area contributed by atoms with Gasteiger partial charge in [-0.05, 0) is 30.7 Å². The van der Waals surface area contributed by atoms with Crippen molar-refractivity contribution in [2.24, 2.45) is 0 Å². The molecule has 0 aliphatic rings. The SMILES string of the molecule is COCCCNc1sc(S(C)(=O)=O)nc1S(=O)(=O)c1ccc(Cl)cc1. The normalized spacial score (nSPS) is 12.3. The van der Waals surface area contributed by atoms with E-state index < -0.39 is 19.7 Å². The standard InChI is InChI=1S/C14H17ClN2O5S3/c1-22-9-3-8-16-12-13(17-14(23-12)24(2,18)19)25(20,21)11-6-4-10(15)5-7-11/h4-7,16H,3,8-9H2,1-2H3. The first kappa shape index (κ1) is 20.1. The number of anilines is 1. The lowest BCUT2D eigenvalue weighted by atomic mass is 10.4. The number of nitrogens with one attached hydrogen (secondary N) is 1. The minimum Gasteiger partial charge on any atom is -0.385 e. The quantitative estimate of drug-likeness (QED) is 0.649. The second kappa shape index (κ2) is 8.00. The van der Waals surface area contributed by atoms with E-state index in [1.165, 1.54) is 24.3 Å². The number of hydrogen-bond acceptors (Lipinski definition) is 8. The van der Waals surface area contributed by atoms with Gasteiger partial charge in [-0.3, -0.25) is 0 Å². The summed E-state index contributed by atoms with van der Waals surface area (Å²) >= 11 is 6.58. The molecule has 0 saturated carbocycles. The number of methoxy groups -OCH3 is 1. The number of ether oxygens (including phenoxy) is 1. The fourth-order valence-electron chi connectivity index (χ4n) is 1.88. The third-order valence-corrected chi connectivity index (χ3v) is 7.85. The van der Waals surface area contributed by atoms with Gasteiger partial charge in [0.1, 0.15) is 5.00 Å². The van der Waals surface area contributed by atoms with E-state index in [1.54, 1.807) is 7.11 Å². The number of thiazole rings is 1. The molecule has 1 heterocycles. The molecule has 1 aromatic heterocycles. The highest BCUT2D eigenvalue weighted by molar-refractivity contribution is 7.93. The first-order valence-corrected chi connectivity index (χ1v) is 11.7. The van der Waals surface area contributed by atoms with Crippen LogP contribution in [-0.4, -0.2) is 48.3 Å². The number of sulfone groups is 2. The van der Waals surface area contributed by atoms with Crippen molar-refractivity contribution in [1.29, 1.82) is 0 Å². The number of benzene rings is 1. The van der Waals surface area contributed by atoms with Crippen molar-refractivity contribution in [3.8, 4) is 0 Å². The van der Waals surface area contributed by atoms with E-state index in [0.717, 1.165) is 17.6 Å². The predicted octanol–water partition coefficient (Wildman–Crippen LogP) is 2.48. The summed E-state index contributed by atoms with van der Waals surface area (Å²) in [7, 11) is -6.06. The topological polar surface area (TPSA) is 102 Å². The zero-order chi connectivity index (χ0) is 18.7. The average molecular weight is 425 g/mol. The number of rotatable bonds is 8. The molecular weight excluding hydrogens is 408 g/mol. The highest BCUT2D eigenvalue weighted by Crippen LogP contribution is 2.34. The van der Waals surface area contributed by atoms with E-state index in [0.29, 0.717) is 24.6 Å². The molecule has 11 heteroatoms. The Balaban J connectivity index is 2.46. The minimum atomic E-state index is -3.99. The summed E-state index contributed by atoms with van der Waals surface area (Å²) in [5.41, 5.74) is 0.